The van der Waals surface area contributed by atoms with Crippen LogP contribution in [0.2, 0.25) is 0 Å². The summed E-state index contributed by atoms with van der Waals surface area (Å²) in [5.74, 6) is -1.26. The molecular weight excluding hydrogens is 290 g/mol. The van der Waals surface area contributed by atoms with Crippen LogP contribution in [0.15, 0.2) is 9.59 Å². The first-order valence-corrected chi connectivity index (χ1v) is 7.19. The highest BCUT2D eigenvalue weighted by atomic mass is 16.5. The number of nitrogens with two attached hydrogens (primary N) is 1. The molecule has 0 saturated heterocycles. The molecule has 1 aliphatic carbocycles. The second kappa shape index (κ2) is 6.17. The fourth-order valence-electron chi connectivity index (χ4n) is 2.27. The van der Waals surface area contributed by atoms with E-state index in [1.165, 1.54) is 0 Å². The summed E-state index contributed by atoms with van der Waals surface area (Å²) in [7, 11) is 0. The number of esters is 1. The number of nitrogen functional groups attached to an aromatic ring is 1. The third-order valence-electron chi connectivity index (χ3n) is 3.72. The molecule has 8 nitrogen and oxygen atoms in total. The number of aromatic amines is 1. The molecule has 1 aromatic heterocycles. The molecular formula is C14H19N3O5. The van der Waals surface area contributed by atoms with Crippen molar-refractivity contribution in [2.24, 2.45) is 11.8 Å². The summed E-state index contributed by atoms with van der Waals surface area (Å²) < 4.78 is 6.03. The van der Waals surface area contributed by atoms with Gasteiger partial charge >= 0.3 is 11.7 Å². The lowest BCUT2D eigenvalue weighted by Gasteiger charge is -2.11. The number of nitrogens with zero attached hydrogens (tertiary/aromatic N) is 1. The Hall–Kier alpha value is -2.38. The van der Waals surface area contributed by atoms with Gasteiger partial charge in [0.1, 0.15) is 11.4 Å². The minimum absolute atomic E-state index is 0.169. The van der Waals surface area contributed by atoms with E-state index in [1.54, 1.807) is 0 Å². The number of hydrogen-bond donors (Lipinski definition) is 2. The third kappa shape index (κ3) is 3.10. The lowest BCUT2D eigenvalue weighted by molar-refractivity contribution is -0.144. The maximum Gasteiger partial charge on any atom is 0.329 e. The van der Waals surface area contributed by atoms with Crippen LogP contribution in [0.3, 0.4) is 0 Å². The van der Waals surface area contributed by atoms with Gasteiger partial charge in [-0.15, -0.1) is 0 Å². The number of anilines is 1. The van der Waals surface area contributed by atoms with Gasteiger partial charge in [0.2, 0.25) is 5.78 Å². The van der Waals surface area contributed by atoms with Gasteiger partial charge in [-0.2, -0.15) is 0 Å². The minimum Gasteiger partial charge on any atom is -0.457 e. The van der Waals surface area contributed by atoms with E-state index < -0.39 is 29.6 Å². The summed E-state index contributed by atoms with van der Waals surface area (Å²) in [4.78, 5) is 49.2. The number of hydrogen-bond acceptors (Lipinski definition) is 6. The number of ketones is 1. The molecule has 2 atom stereocenters. The number of aromatic nitrogens is 2. The normalized spacial score (nSPS) is 19.7. The number of ether oxygens (including phenoxy) is 1. The fourth-order valence-corrected chi connectivity index (χ4v) is 2.27. The van der Waals surface area contributed by atoms with Crippen LogP contribution in [0, 0.1) is 11.8 Å². The minimum atomic E-state index is -0.865. The molecule has 0 aromatic carbocycles. The number of H-pyrrole nitrogens is 1. The van der Waals surface area contributed by atoms with Crippen molar-refractivity contribution in [3.63, 3.8) is 0 Å². The molecule has 1 aromatic rings. The van der Waals surface area contributed by atoms with Crippen molar-refractivity contribution >= 4 is 17.6 Å². The highest BCUT2D eigenvalue weighted by Gasteiger charge is 2.40. The monoisotopic (exact) mass is 309 g/mol. The van der Waals surface area contributed by atoms with Crippen LogP contribution in [-0.2, 0) is 16.1 Å². The first-order chi connectivity index (χ1) is 10.4. The summed E-state index contributed by atoms with van der Waals surface area (Å²) in [6, 6.07) is 0. The Kier molecular flexibility index (Phi) is 4.48. The van der Waals surface area contributed by atoms with E-state index in [-0.39, 0.29) is 29.8 Å². The summed E-state index contributed by atoms with van der Waals surface area (Å²) in [6.07, 6.45) is 1.36. The van der Waals surface area contributed by atoms with E-state index in [4.69, 9.17) is 10.5 Å². The summed E-state index contributed by atoms with van der Waals surface area (Å²) in [5, 5.41) is 0. The molecule has 3 N–H and O–H groups in total. The molecule has 120 valence electrons. The van der Waals surface area contributed by atoms with Crippen LogP contribution in [-0.4, -0.2) is 27.9 Å². The molecule has 0 unspecified atom stereocenters. The lowest BCUT2D eigenvalue weighted by atomic mass is 10.2. The van der Waals surface area contributed by atoms with Crippen LogP contribution >= 0.6 is 0 Å². The first-order valence-electron chi connectivity index (χ1n) is 7.19. The molecule has 1 fully saturated rings. The van der Waals surface area contributed by atoms with Gasteiger partial charge in [0.25, 0.3) is 5.56 Å². The number of rotatable bonds is 6. The van der Waals surface area contributed by atoms with Gasteiger partial charge in [-0.25, -0.2) is 4.79 Å². The molecule has 0 radical (unpaired) electrons. The SMILES string of the molecule is CCCn1c(N)c(C(=O)COC(=O)[C@@H]2C[C@@H]2C)c(=O)[nH]c1=O. The highest BCUT2D eigenvalue weighted by molar-refractivity contribution is 6.01. The zero-order valence-electron chi connectivity index (χ0n) is 12.5. The van der Waals surface area contributed by atoms with Crippen LogP contribution in [0.4, 0.5) is 5.82 Å². The van der Waals surface area contributed by atoms with Crippen molar-refractivity contribution in [3.05, 3.63) is 26.4 Å². The van der Waals surface area contributed by atoms with E-state index in [9.17, 15) is 19.2 Å². The molecule has 0 aliphatic heterocycles. The maximum atomic E-state index is 12.1. The Balaban J connectivity index is 2.18. The zero-order chi connectivity index (χ0) is 16.4. The van der Waals surface area contributed by atoms with Crippen molar-refractivity contribution in [1.29, 1.82) is 0 Å². The predicted molar refractivity (Wildman–Crippen MR) is 78.6 cm³/mol. The summed E-state index contributed by atoms with van der Waals surface area (Å²) >= 11 is 0. The van der Waals surface area contributed by atoms with Gasteiger partial charge in [-0.3, -0.25) is 23.9 Å². The Morgan fingerprint density at radius 2 is 2.05 bits per heavy atom. The Morgan fingerprint density at radius 3 is 2.59 bits per heavy atom. The molecule has 1 saturated carbocycles. The van der Waals surface area contributed by atoms with Gasteiger partial charge < -0.3 is 10.5 Å². The number of nitrogens with one attached hydrogen (secondary N) is 1. The number of Topliss-reactive ketones (excluding diaryl/α,β-unsaturated/α-hetero) is 1. The summed E-state index contributed by atoms with van der Waals surface area (Å²) in [5.41, 5.74) is 3.88. The maximum absolute atomic E-state index is 12.1. The van der Waals surface area contributed by atoms with Gasteiger partial charge in [-0.1, -0.05) is 13.8 Å². The molecule has 8 heteroatoms. The van der Waals surface area contributed by atoms with Crippen LogP contribution in [0.25, 0.3) is 0 Å². The van der Waals surface area contributed by atoms with Gasteiger partial charge in [0.05, 0.1) is 5.92 Å². The Labute approximate surface area is 126 Å². The second-order valence-corrected chi connectivity index (χ2v) is 5.52. The zero-order valence-corrected chi connectivity index (χ0v) is 12.5. The molecule has 1 heterocycles. The topological polar surface area (TPSA) is 124 Å². The molecule has 2 rings (SSSR count). The van der Waals surface area contributed by atoms with E-state index >= 15 is 0 Å². The lowest BCUT2D eigenvalue weighted by Crippen LogP contribution is -2.37. The largest absolute Gasteiger partial charge is 0.457 e. The fraction of sp³-hybridized carbons (Fsp3) is 0.571. The quantitative estimate of drug-likeness (QED) is 0.559. The Bertz CT molecular complexity index is 718. The van der Waals surface area contributed by atoms with Crippen molar-refractivity contribution in [2.75, 3.05) is 12.3 Å². The van der Waals surface area contributed by atoms with Crippen molar-refractivity contribution < 1.29 is 14.3 Å². The van der Waals surface area contributed by atoms with Gasteiger partial charge in [0.15, 0.2) is 6.61 Å². The van der Waals surface area contributed by atoms with E-state index in [1.807, 2.05) is 13.8 Å². The van der Waals surface area contributed by atoms with E-state index in [0.29, 0.717) is 6.42 Å². The smallest absolute Gasteiger partial charge is 0.329 e. The molecule has 1 aliphatic rings. The Morgan fingerprint density at radius 1 is 1.41 bits per heavy atom. The van der Waals surface area contributed by atoms with Crippen LogP contribution < -0.4 is 17.0 Å². The van der Waals surface area contributed by atoms with E-state index in [0.717, 1.165) is 11.0 Å². The first kappa shape index (κ1) is 16.0. The number of carbonyl (C=O) groups excluding carboxylic acids is 2. The van der Waals surface area contributed by atoms with E-state index in [2.05, 4.69) is 4.98 Å². The average molecular weight is 309 g/mol. The number of carbonyl (C=O) groups is 2. The van der Waals surface area contributed by atoms with Crippen LogP contribution in [0.5, 0.6) is 0 Å². The van der Waals surface area contributed by atoms with Crippen molar-refractivity contribution in [1.82, 2.24) is 9.55 Å². The average Bonchev–Trinajstić information content (AvgIpc) is 3.17. The highest BCUT2D eigenvalue weighted by Crippen LogP contribution is 2.38. The molecule has 0 amide bonds. The van der Waals surface area contributed by atoms with Gasteiger partial charge in [-0.05, 0) is 18.8 Å². The van der Waals surface area contributed by atoms with Gasteiger partial charge in [0, 0.05) is 6.54 Å². The molecule has 0 bridgehead atoms. The predicted octanol–water partition coefficient (Wildman–Crippen LogP) is -0.0893. The van der Waals surface area contributed by atoms with Crippen molar-refractivity contribution in [2.45, 2.75) is 33.2 Å². The van der Waals surface area contributed by atoms with Crippen molar-refractivity contribution in [3.8, 4) is 0 Å². The van der Waals surface area contributed by atoms with Crippen LogP contribution in [0.1, 0.15) is 37.0 Å². The third-order valence-corrected chi connectivity index (χ3v) is 3.72. The second-order valence-electron chi connectivity index (χ2n) is 5.52. The molecule has 22 heavy (non-hydrogen) atoms. The summed E-state index contributed by atoms with van der Waals surface area (Å²) in [6.45, 7) is 3.47. The molecule has 0 spiro atoms. The standard InChI is InChI=1S/C14H19N3O5/c1-3-4-17-11(15)10(12(19)16-14(17)21)9(18)6-22-13(20)8-5-7(8)2/h7-8H,3-6,15H2,1-2H3,(H,16,19,21)/t7-,8+/m0/s1.